The zero-order valence-electron chi connectivity index (χ0n) is 9.58. The SMILES string of the molecule is NC(=O)CCCCNC(=O)CC(N)C1CC1. The van der Waals surface area contributed by atoms with Gasteiger partial charge in [0, 0.05) is 25.4 Å². The van der Waals surface area contributed by atoms with Crippen molar-refractivity contribution in [3.8, 4) is 0 Å². The van der Waals surface area contributed by atoms with Gasteiger partial charge in [0.15, 0.2) is 0 Å². The number of nitrogens with two attached hydrogens (primary N) is 2. The average Bonchev–Trinajstić information content (AvgIpc) is 2.99. The van der Waals surface area contributed by atoms with E-state index in [1.54, 1.807) is 0 Å². The van der Waals surface area contributed by atoms with E-state index < -0.39 is 0 Å². The van der Waals surface area contributed by atoms with Gasteiger partial charge in [-0.2, -0.15) is 0 Å². The number of hydrogen-bond acceptors (Lipinski definition) is 3. The first-order chi connectivity index (χ1) is 7.59. The molecular formula is C11H21N3O2. The fourth-order valence-electron chi connectivity index (χ4n) is 1.63. The lowest BCUT2D eigenvalue weighted by molar-refractivity contribution is -0.121. The van der Waals surface area contributed by atoms with Crippen LogP contribution in [0.15, 0.2) is 0 Å². The zero-order chi connectivity index (χ0) is 12.0. The number of carbonyl (C=O) groups is 2. The Morgan fingerprint density at radius 3 is 2.56 bits per heavy atom. The number of unbranched alkanes of at least 4 members (excludes halogenated alkanes) is 1. The first-order valence-corrected chi connectivity index (χ1v) is 5.90. The first-order valence-electron chi connectivity index (χ1n) is 5.90. The number of nitrogens with one attached hydrogen (secondary N) is 1. The molecule has 1 aliphatic rings. The molecule has 0 heterocycles. The van der Waals surface area contributed by atoms with Crippen molar-refractivity contribution in [3.05, 3.63) is 0 Å². The quantitative estimate of drug-likeness (QED) is 0.504. The molecule has 1 fully saturated rings. The van der Waals surface area contributed by atoms with Crippen LogP contribution in [0.25, 0.3) is 0 Å². The highest BCUT2D eigenvalue weighted by Gasteiger charge is 2.29. The highest BCUT2D eigenvalue weighted by atomic mass is 16.1. The van der Waals surface area contributed by atoms with Crippen LogP contribution in [0.4, 0.5) is 0 Å². The molecule has 1 aliphatic carbocycles. The van der Waals surface area contributed by atoms with Crippen molar-refractivity contribution in [1.82, 2.24) is 5.32 Å². The summed E-state index contributed by atoms with van der Waals surface area (Å²) in [6, 6.07) is 0.0191. The Labute approximate surface area is 95.9 Å². The predicted molar refractivity (Wildman–Crippen MR) is 61.4 cm³/mol. The van der Waals surface area contributed by atoms with Gasteiger partial charge in [0.25, 0.3) is 0 Å². The van der Waals surface area contributed by atoms with E-state index in [1.807, 2.05) is 0 Å². The molecule has 0 saturated heterocycles. The van der Waals surface area contributed by atoms with Crippen LogP contribution in [0.2, 0.25) is 0 Å². The molecule has 5 nitrogen and oxygen atoms in total. The molecule has 1 saturated carbocycles. The second-order valence-electron chi connectivity index (χ2n) is 4.48. The number of carbonyl (C=O) groups excluding carboxylic acids is 2. The molecule has 16 heavy (non-hydrogen) atoms. The monoisotopic (exact) mass is 227 g/mol. The lowest BCUT2D eigenvalue weighted by Crippen LogP contribution is -2.33. The molecule has 1 rings (SSSR count). The molecule has 1 atom stereocenters. The number of rotatable bonds is 8. The molecule has 0 aromatic heterocycles. The van der Waals surface area contributed by atoms with Crippen LogP contribution in [-0.4, -0.2) is 24.4 Å². The minimum atomic E-state index is -0.290. The summed E-state index contributed by atoms with van der Waals surface area (Å²) in [6.45, 7) is 0.601. The Morgan fingerprint density at radius 2 is 2.00 bits per heavy atom. The summed E-state index contributed by atoms with van der Waals surface area (Å²) < 4.78 is 0. The molecule has 92 valence electrons. The van der Waals surface area contributed by atoms with Gasteiger partial charge < -0.3 is 16.8 Å². The van der Waals surface area contributed by atoms with Gasteiger partial charge >= 0.3 is 0 Å². The maximum absolute atomic E-state index is 11.4. The maximum atomic E-state index is 11.4. The van der Waals surface area contributed by atoms with Crippen molar-refractivity contribution in [2.24, 2.45) is 17.4 Å². The highest BCUT2D eigenvalue weighted by molar-refractivity contribution is 5.76. The Hall–Kier alpha value is -1.10. The summed E-state index contributed by atoms with van der Waals surface area (Å²) in [6.07, 6.45) is 4.63. The molecule has 0 radical (unpaired) electrons. The van der Waals surface area contributed by atoms with Gasteiger partial charge in [-0.15, -0.1) is 0 Å². The van der Waals surface area contributed by atoms with Gasteiger partial charge in [0.2, 0.25) is 11.8 Å². The Bertz CT molecular complexity index is 252. The lowest BCUT2D eigenvalue weighted by atomic mass is 10.1. The molecule has 1 unspecified atom stereocenters. The Balaban J connectivity index is 1.95. The van der Waals surface area contributed by atoms with E-state index in [0.29, 0.717) is 25.3 Å². The van der Waals surface area contributed by atoms with Gasteiger partial charge in [-0.3, -0.25) is 9.59 Å². The van der Waals surface area contributed by atoms with Crippen molar-refractivity contribution < 1.29 is 9.59 Å². The van der Waals surface area contributed by atoms with Crippen molar-refractivity contribution in [3.63, 3.8) is 0 Å². The van der Waals surface area contributed by atoms with Crippen molar-refractivity contribution >= 4 is 11.8 Å². The predicted octanol–water partition coefficient (Wildman–Crippen LogP) is -0.114. The van der Waals surface area contributed by atoms with Crippen LogP contribution in [0.5, 0.6) is 0 Å². The van der Waals surface area contributed by atoms with E-state index in [-0.39, 0.29) is 17.9 Å². The topological polar surface area (TPSA) is 98.2 Å². The van der Waals surface area contributed by atoms with Crippen molar-refractivity contribution in [2.45, 2.75) is 44.6 Å². The van der Waals surface area contributed by atoms with E-state index >= 15 is 0 Å². The van der Waals surface area contributed by atoms with Gasteiger partial charge in [0.05, 0.1) is 0 Å². The third-order valence-electron chi connectivity index (χ3n) is 2.82. The summed E-state index contributed by atoms with van der Waals surface area (Å²) >= 11 is 0. The normalized spacial score (nSPS) is 16.8. The number of hydrogen-bond donors (Lipinski definition) is 3. The third-order valence-corrected chi connectivity index (χ3v) is 2.82. The fraction of sp³-hybridized carbons (Fsp3) is 0.818. The number of amides is 2. The Kier molecular flexibility index (Phi) is 5.25. The average molecular weight is 227 g/mol. The van der Waals surface area contributed by atoms with Crippen LogP contribution >= 0.6 is 0 Å². The van der Waals surface area contributed by atoms with Crippen LogP contribution in [-0.2, 0) is 9.59 Å². The second-order valence-corrected chi connectivity index (χ2v) is 4.48. The summed E-state index contributed by atoms with van der Waals surface area (Å²) in [5.41, 5.74) is 10.8. The van der Waals surface area contributed by atoms with Crippen molar-refractivity contribution in [2.75, 3.05) is 6.54 Å². The highest BCUT2D eigenvalue weighted by Crippen LogP contribution is 2.32. The van der Waals surface area contributed by atoms with Crippen molar-refractivity contribution in [1.29, 1.82) is 0 Å². The van der Waals surface area contributed by atoms with E-state index in [1.165, 1.54) is 0 Å². The van der Waals surface area contributed by atoms with E-state index in [9.17, 15) is 9.59 Å². The summed E-state index contributed by atoms with van der Waals surface area (Å²) in [5, 5.41) is 2.80. The van der Waals surface area contributed by atoms with E-state index in [0.717, 1.165) is 25.7 Å². The molecule has 5 heteroatoms. The fourth-order valence-corrected chi connectivity index (χ4v) is 1.63. The van der Waals surface area contributed by atoms with Crippen LogP contribution < -0.4 is 16.8 Å². The molecule has 2 amide bonds. The van der Waals surface area contributed by atoms with E-state index in [2.05, 4.69) is 5.32 Å². The van der Waals surface area contributed by atoms with Gasteiger partial charge in [-0.05, 0) is 31.6 Å². The van der Waals surface area contributed by atoms with Crippen LogP contribution in [0.1, 0.15) is 38.5 Å². The van der Waals surface area contributed by atoms with Gasteiger partial charge in [-0.25, -0.2) is 0 Å². The molecule has 0 aromatic rings. The molecular weight excluding hydrogens is 206 g/mol. The summed E-state index contributed by atoms with van der Waals surface area (Å²) in [4.78, 5) is 21.8. The minimum Gasteiger partial charge on any atom is -0.370 e. The molecule has 5 N–H and O–H groups in total. The van der Waals surface area contributed by atoms with Gasteiger partial charge in [0.1, 0.15) is 0 Å². The molecule has 0 bridgehead atoms. The third kappa shape index (κ3) is 5.70. The maximum Gasteiger partial charge on any atom is 0.221 e. The lowest BCUT2D eigenvalue weighted by Gasteiger charge is -2.10. The first kappa shape index (κ1) is 13.0. The molecule has 0 aromatic carbocycles. The largest absolute Gasteiger partial charge is 0.370 e. The van der Waals surface area contributed by atoms with Crippen LogP contribution in [0.3, 0.4) is 0 Å². The number of primary amides is 1. The summed E-state index contributed by atoms with van der Waals surface area (Å²) in [5.74, 6) is 0.279. The summed E-state index contributed by atoms with van der Waals surface area (Å²) in [7, 11) is 0. The standard InChI is InChI=1S/C11H21N3O2/c12-9(8-4-5-8)7-11(16)14-6-2-1-3-10(13)15/h8-9H,1-7,12H2,(H2,13,15)(H,14,16). The molecule has 0 spiro atoms. The molecule has 0 aliphatic heterocycles. The smallest absolute Gasteiger partial charge is 0.221 e. The Morgan fingerprint density at radius 1 is 1.31 bits per heavy atom. The van der Waals surface area contributed by atoms with Gasteiger partial charge in [-0.1, -0.05) is 0 Å². The zero-order valence-corrected chi connectivity index (χ0v) is 9.58. The van der Waals surface area contributed by atoms with Crippen LogP contribution in [0, 0.1) is 5.92 Å². The minimum absolute atomic E-state index is 0.0125. The van der Waals surface area contributed by atoms with E-state index in [4.69, 9.17) is 11.5 Å². The second kappa shape index (κ2) is 6.48.